The molecule has 0 bridgehead atoms. The van der Waals surface area contributed by atoms with Gasteiger partial charge in [-0.15, -0.1) is 11.8 Å². The number of non-ortho nitro benzene ring substituents is 1. The number of halogens is 1. The summed E-state index contributed by atoms with van der Waals surface area (Å²) in [5.74, 6) is 1.40. The molecule has 0 radical (unpaired) electrons. The molecule has 1 amide bonds. The van der Waals surface area contributed by atoms with Gasteiger partial charge in [0.25, 0.3) is 11.6 Å². The molecule has 1 heterocycles. The van der Waals surface area contributed by atoms with Crippen molar-refractivity contribution in [1.29, 1.82) is 0 Å². The highest BCUT2D eigenvalue weighted by molar-refractivity contribution is 9.10. The molecular weight excluding hydrogens is 408 g/mol. The smallest absolute Gasteiger partial charge is 0.269 e. The largest absolute Gasteiger partial charge is 0.496 e. The Bertz CT molecular complexity index is 813. The second-order valence-corrected chi connectivity index (χ2v) is 7.52. The molecule has 1 fully saturated rings. The number of nitro benzene ring substituents is 1. The van der Waals surface area contributed by atoms with E-state index in [9.17, 15) is 14.9 Å². The average Bonchev–Trinajstić information content (AvgIpc) is 3.10. The number of nitro groups is 1. The zero-order valence-corrected chi connectivity index (χ0v) is 15.7. The highest BCUT2D eigenvalue weighted by atomic mass is 79.9. The Labute approximate surface area is 157 Å². The van der Waals surface area contributed by atoms with Gasteiger partial charge in [-0.25, -0.2) is 0 Å². The van der Waals surface area contributed by atoms with Crippen LogP contribution < -0.4 is 4.74 Å². The Balaban J connectivity index is 1.90. The number of hydrogen-bond donors (Lipinski definition) is 0. The monoisotopic (exact) mass is 422 g/mol. The topological polar surface area (TPSA) is 72.7 Å². The van der Waals surface area contributed by atoms with Crippen molar-refractivity contribution in [3.8, 4) is 5.75 Å². The molecule has 0 N–H and O–H groups in total. The number of nitrogens with zero attached hydrogens (tertiary/aromatic N) is 2. The second kappa shape index (κ2) is 7.45. The molecule has 130 valence electrons. The van der Waals surface area contributed by atoms with Crippen LogP contribution in [0.2, 0.25) is 0 Å². The zero-order valence-electron chi connectivity index (χ0n) is 13.3. The summed E-state index contributed by atoms with van der Waals surface area (Å²) < 4.78 is 6.36. The summed E-state index contributed by atoms with van der Waals surface area (Å²) in [5.41, 5.74) is 1.33. The van der Waals surface area contributed by atoms with Crippen molar-refractivity contribution in [2.75, 3.05) is 19.4 Å². The fraction of sp³-hybridized carbons (Fsp3) is 0.235. The third kappa shape index (κ3) is 3.64. The van der Waals surface area contributed by atoms with Crippen molar-refractivity contribution in [3.63, 3.8) is 0 Å². The quantitative estimate of drug-likeness (QED) is 0.543. The predicted molar refractivity (Wildman–Crippen MR) is 100 cm³/mol. The van der Waals surface area contributed by atoms with Crippen LogP contribution in [0.3, 0.4) is 0 Å². The third-order valence-corrected chi connectivity index (χ3v) is 5.67. The highest BCUT2D eigenvalue weighted by Gasteiger charge is 2.33. The van der Waals surface area contributed by atoms with E-state index in [2.05, 4.69) is 15.9 Å². The SMILES string of the molecule is COc1ccc(Br)cc1C1SCCN1C(=O)c1ccc([N+](=O)[O-])cc1. The molecule has 1 saturated heterocycles. The van der Waals surface area contributed by atoms with Crippen LogP contribution in [0.15, 0.2) is 46.9 Å². The first-order valence-corrected chi connectivity index (χ1v) is 9.36. The van der Waals surface area contributed by atoms with Crippen LogP contribution >= 0.6 is 27.7 Å². The fourth-order valence-electron chi connectivity index (χ4n) is 2.73. The second-order valence-electron chi connectivity index (χ2n) is 5.41. The summed E-state index contributed by atoms with van der Waals surface area (Å²) in [6, 6.07) is 11.4. The van der Waals surface area contributed by atoms with E-state index in [0.717, 1.165) is 21.5 Å². The van der Waals surface area contributed by atoms with Crippen molar-refractivity contribution < 1.29 is 14.5 Å². The molecule has 3 rings (SSSR count). The van der Waals surface area contributed by atoms with E-state index in [0.29, 0.717) is 12.1 Å². The molecule has 6 nitrogen and oxygen atoms in total. The molecule has 2 aromatic rings. The van der Waals surface area contributed by atoms with Gasteiger partial charge >= 0.3 is 0 Å². The maximum atomic E-state index is 12.9. The summed E-state index contributed by atoms with van der Waals surface area (Å²) in [6.07, 6.45) is 0. The normalized spacial score (nSPS) is 16.7. The molecule has 0 aliphatic carbocycles. The van der Waals surface area contributed by atoms with E-state index in [1.807, 2.05) is 18.2 Å². The number of carbonyl (C=O) groups excluding carboxylic acids is 1. The number of rotatable bonds is 4. The van der Waals surface area contributed by atoms with Crippen LogP contribution in [0, 0.1) is 10.1 Å². The Morgan fingerprint density at radius 1 is 1.32 bits per heavy atom. The lowest BCUT2D eigenvalue weighted by Crippen LogP contribution is -2.30. The number of benzene rings is 2. The van der Waals surface area contributed by atoms with Crippen molar-refractivity contribution >= 4 is 39.3 Å². The zero-order chi connectivity index (χ0) is 18.0. The number of carbonyl (C=O) groups is 1. The molecular formula is C17H15BrN2O4S. The lowest BCUT2D eigenvalue weighted by atomic mass is 10.1. The molecule has 1 aliphatic heterocycles. The minimum atomic E-state index is -0.477. The lowest BCUT2D eigenvalue weighted by molar-refractivity contribution is -0.384. The summed E-state index contributed by atoms with van der Waals surface area (Å²) in [5, 5.41) is 10.6. The molecule has 0 aromatic heterocycles. The van der Waals surface area contributed by atoms with E-state index in [-0.39, 0.29) is 17.0 Å². The van der Waals surface area contributed by atoms with Crippen LogP contribution in [0.4, 0.5) is 5.69 Å². The van der Waals surface area contributed by atoms with Crippen LogP contribution in [0.1, 0.15) is 21.3 Å². The summed E-state index contributed by atoms with van der Waals surface area (Å²) >= 11 is 5.13. The van der Waals surface area contributed by atoms with Crippen molar-refractivity contribution in [1.82, 2.24) is 4.90 Å². The number of thioether (sulfide) groups is 1. The molecule has 25 heavy (non-hydrogen) atoms. The number of hydrogen-bond acceptors (Lipinski definition) is 5. The maximum Gasteiger partial charge on any atom is 0.269 e. The molecule has 1 unspecified atom stereocenters. The Morgan fingerprint density at radius 3 is 2.68 bits per heavy atom. The fourth-order valence-corrected chi connectivity index (χ4v) is 4.37. The van der Waals surface area contributed by atoms with Crippen LogP contribution in [0.5, 0.6) is 5.75 Å². The van der Waals surface area contributed by atoms with E-state index < -0.39 is 4.92 Å². The maximum absolute atomic E-state index is 12.9. The Morgan fingerprint density at radius 2 is 2.04 bits per heavy atom. The lowest BCUT2D eigenvalue weighted by Gasteiger charge is -2.25. The summed E-state index contributed by atoms with van der Waals surface area (Å²) in [7, 11) is 1.61. The molecule has 0 saturated carbocycles. The van der Waals surface area contributed by atoms with Gasteiger partial charge in [-0.3, -0.25) is 14.9 Å². The number of amides is 1. The predicted octanol–water partition coefficient (Wildman–Crippen LogP) is 4.25. The Hall–Kier alpha value is -2.06. The van der Waals surface area contributed by atoms with Gasteiger partial charge in [0.05, 0.1) is 12.0 Å². The average molecular weight is 423 g/mol. The van der Waals surface area contributed by atoms with Gasteiger partial charge in [-0.05, 0) is 30.3 Å². The third-order valence-electron chi connectivity index (χ3n) is 3.93. The van der Waals surface area contributed by atoms with Gasteiger partial charge in [0.15, 0.2) is 0 Å². The van der Waals surface area contributed by atoms with Crippen LogP contribution in [0.25, 0.3) is 0 Å². The molecule has 2 aromatic carbocycles. The van der Waals surface area contributed by atoms with Gasteiger partial charge < -0.3 is 9.64 Å². The van der Waals surface area contributed by atoms with E-state index in [1.165, 1.54) is 24.3 Å². The van der Waals surface area contributed by atoms with Gasteiger partial charge in [0.1, 0.15) is 11.1 Å². The minimum Gasteiger partial charge on any atom is -0.496 e. The van der Waals surface area contributed by atoms with Gasteiger partial charge in [-0.2, -0.15) is 0 Å². The van der Waals surface area contributed by atoms with E-state index >= 15 is 0 Å². The first kappa shape index (κ1) is 17.8. The highest BCUT2D eigenvalue weighted by Crippen LogP contribution is 2.43. The molecule has 1 atom stereocenters. The first-order chi connectivity index (χ1) is 12.0. The number of methoxy groups -OCH3 is 1. The Kier molecular flexibility index (Phi) is 5.29. The minimum absolute atomic E-state index is 0.0300. The number of ether oxygens (including phenoxy) is 1. The molecule has 8 heteroatoms. The van der Waals surface area contributed by atoms with Crippen LogP contribution in [-0.4, -0.2) is 35.1 Å². The molecule has 1 aliphatic rings. The summed E-state index contributed by atoms with van der Waals surface area (Å²) in [6.45, 7) is 0.612. The summed E-state index contributed by atoms with van der Waals surface area (Å²) in [4.78, 5) is 24.9. The standard InChI is InChI=1S/C17H15BrN2O4S/c1-24-15-7-4-12(18)10-14(15)17-19(8-9-25-17)16(21)11-2-5-13(6-3-11)20(22)23/h2-7,10,17H,8-9H2,1H3. The van der Waals surface area contributed by atoms with Crippen molar-refractivity contribution in [2.45, 2.75) is 5.37 Å². The van der Waals surface area contributed by atoms with Gasteiger partial charge in [0, 0.05) is 40.0 Å². The molecule has 0 spiro atoms. The van der Waals surface area contributed by atoms with E-state index in [1.54, 1.807) is 23.8 Å². The van der Waals surface area contributed by atoms with Gasteiger partial charge in [-0.1, -0.05) is 15.9 Å². The van der Waals surface area contributed by atoms with Crippen molar-refractivity contribution in [3.05, 3.63) is 68.2 Å². The van der Waals surface area contributed by atoms with Crippen molar-refractivity contribution in [2.24, 2.45) is 0 Å². The first-order valence-electron chi connectivity index (χ1n) is 7.51. The van der Waals surface area contributed by atoms with Crippen LogP contribution in [-0.2, 0) is 0 Å². The van der Waals surface area contributed by atoms with Gasteiger partial charge in [0.2, 0.25) is 0 Å². The van der Waals surface area contributed by atoms with E-state index in [4.69, 9.17) is 4.74 Å².